The molecular weight excluding hydrogens is 316 g/mol. The Kier molecular flexibility index (Phi) is 6.03. The third-order valence-corrected chi connectivity index (χ3v) is 3.41. The number of hydrogen-bond acceptors (Lipinski definition) is 6. The molecule has 0 fully saturated rings. The first-order chi connectivity index (χ1) is 12.4. The van der Waals surface area contributed by atoms with Crippen LogP contribution >= 0.6 is 0 Å². The van der Waals surface area contributed by atoms with Crippen LogP contribution in [0, 0.1) is 0 Å². The van der Waals surface area contributed by atoms with Crippen molar-refractivity contribution in [3.05, 3.63) is 60.9 Å². The molecule has 128 valence electrons. The highest BCUT2D eigenvalue weighted by molar-refractivity contribution is 5.64. The Morgan fingerprint density at radius 3 is 1.92 bits per heavy atom. The van der Waals surface area contributed by atoms with Crippen LogP contribution < -0.4 is 10.5 Å². The quantitative estimate of drug-likeness (QED) is 0.637. The molecule has 2 N–H and O–H groups in total. The van der Waals surface area contributed by atoms with E-state index in [1.54, 1.807) is 12.4 Å². The van der Waals surface area contributed by atoms with Crippen LogP contribution in [0.15, 0.2) is 60.9 Å². The van der Waals surface area contributed by atoms with Crippen molar-refractivity contribution in [3.8, 4) is 28.5 Å². The van der Waals surface area contributed by atoms with E-state index in [4.69, 9.17) is 15.2 Å². The lowest BCUT2D eigenvalue weighted by molar-refractivity contribution is 0.106. The summed E-state index contributed by atoms with van der Waals surface area (Å²) in [7, 11) is 0. The van der Waals surface area contributed by atoms with Crippen molar-refractivity contribution >= 4 is 0 Å². The molecular formula is C19H20N4O2. The average Bonchev–Trinajstić information content (AvgIpc) is 2.69. The van der Waals surface area contributed by atoms with Crippen molar-refractivity contribution < 1.29 is 9.47 Å². The maximum absolute atomic E-state index is 5.82. The Labute approximate surface area is 146 Å². The summed E-state index contributed by atoms with van der Waals surface area (Å²) >= 11 is 0. The van der Waals surface area contributed by atoms with Crippen LogP contribution in [0.4, 0.5) is 0 Å². The van der Waals surface area contributed by atoms with Crippen LogP contribution in [-0.2, 0) is 4.74 Å². The standard InChI is InChI=1S/C19H20N4O2/c20-7-10-24-11-12-25-15-13-18(16-5-1-3-8-21-16)23-19(14-15)17-6-2-4-9-22-17/h1-6,8-9,13-14H,7,10-12,20H2. The summed E-state index contributed by atoms with van der Waals surface area (Å²) in [4.78, 5) is 13.4. The fraction of sp³-hybridized carbons (Fsp3) is 0.211. The topological polar surface area (TPSA) is 83.2 Å². The maximum atomic E-state index is 5.82. The van der Waals surface area contributed by atoms with Gasteiger partial charge in [0.2, 0.25) is 0 Å². The summed E-state index contributed by atoms with van der Waals surface area (Å²) in [6.07, 6.45) is 3.48. The van der Waals surface area contributed by atoms with Gasteiger partial charge in [0.15, 0.2) is 0 Å². The molecule has 0 bridgehead atoms. The number of pyridine rings is 3. The Bertz CT molecular complexity index is 724. The van der Waals surface area contributed by atoms with Crippen LogP contribution in [0.3, 0.4) is 0 Å². The molecule has 0 amide bonds. The first-order valence-electron chi connectivity index (χ1n) is 8.12. The zero-order valence-electron chi connectivity index (χ0n) is 13.8. The summed E-state index contributed by atoms with van der Waals surface area (Å²) in [6.45, 7) is 1.95. The second kappa shape index (κ2) is 8.86. The van der Waals surface area contributed by atoms with Gasteiger partial charge in [0.1, 0.15) is 12.4 Å². The molecule has 0 unspecified atom stereocenters. The maximum Gasteiger partial charge on any atom is 0.123 e. The van der Waals surface area contributed by atoms with Gasteiger partial charge in [-0.15, -0.1) is 0 Å². The fourth-order valence-corrected chi connectivity index (χ4v) is 2.28. The van der Waals surface area contributed by atoms with Gasteiger partial charge in [-0.3, -0.25) is 9.97 Å². The monoisotopic (exact) mass is 336 g/mol. The van der Waals surface area contributed by atoms with Crippen LogP contribution in [0.5, 0.6) is 5.75 Å². The average molecular weight is 336 g/mol. The predicted molar refractivity (Wildman–Crippen MR) is 96.1 cm³/mol. The summed E-state index contributed by atoms with van der Waals surface area (Å²) < 4.78 is 11.2. The Balaban J connectivity index is 1.86. The molecule has 3 rings (SSSR count). The smallest absolute Gasteiger partial charge is 0.123 e. The molecule has 0 aliphatic heterocycles. The van der Waals surface area contributed by atoms with Gasteiger partial charge in [-0.2, -0.15) is 0 Å². The lowest BCUT2D eigenvalue weighted by Gasteiger charge is -2.10. The molecule has 0 aliphatic rings. The molecule has 0 spiro atoms. The van der Waals surface area contributed by atoms with E-state index < -0.39 is 0 Å². The van der Waals surface area contributed by atoms with E-state index in [2.05, 4.69) is 15.0 Å². The summed E-state index contributed by atoms with van der Waals surface area (Å²) in [5.74, 6) is 0.702. The zero-order chi connectivity index (χ0) is 17.3. The second-order valence-corrected chi connectivity index (χ2v) is 5.25. The molecule has 3 aromatic heterocycles. The molecule has 0 atom stereocenters. The lowest BCUT2D eigenvalue weighted by atomic mass is 10.2. The van der Waals surface area contributed by atoms with Gasteiger partial charge in [-0.1, -0.05) is 12.1 Å². The molecule has 25 heavy (non-hydrogen) atoms. The number of aromatic nitrogens is 3. The Hall–Kier alpha value is -2.83. The van der Waals surface area contributed by atoms with E-state index in [1.807, 2.05) is 48.5 Å². The number of nitrogens with zero attached hydrogens (tertiary/aromatic N) is 3. The summed E-state index contributed by atoms with van der Waals surface area (Å²) in [6, 6.07) is 15.2. The Morgan fingerprint density at radius 2 is 1.40 bits per heavy atom. The van der Waals surface area contributed by atoms with Crippen LogP contribution in [-0.4, -0.2) is 41.3 Å². The minimum atomic E-state index is 0.438. The van der Waals surface area contributed by atoms with E-state index in [1.165, 1.54) is 0 Å². The molecule has 3 heterocycles. The third-order valence-electron chi connectivity index (χ3n) is 3.41. The molecule has 6 nitrogen and oxygen atoms in total. The van der Waals surface area contributed by atoms with Crippen molar-refractivity contribution in [2.45, 2.75) is 0 Å². The van der Waals surface area contributed by atoms with E-state index in [-0.39, 0.29) is 0 Å². The van der Waals surface area contributed by atoms with Crippen molar-refractivity contribution in [2.75, 3.05) is 26.4 Å². The number of rotatable bonds is 8. The van der Waals surface area contributed by atoms with Gasteiger partial charge in [0.25, 0.3) is 0 Å². The first-order valence-corrected chi connectivity index (χ1v) is 8.12. The molecule has 0 aromatic carbocycles. The molecule has 0 radical (unpaired) electrons. The van der Waals surface area contributed by atoms with Crippen LogP contribution in [0.1, 0.15) is 0 Å². The van der Waals surface area contributed by atoms with Crippen molar-refractivity contribution in [1.82, 2.24) is 15.0 Å². The highest BCUT2D eigenvalue weighted by Crippen LogP contribution is 2.26. The molecule has 0 saturated carbocycles. The normalized spacial score (nSPS) is 10.6. The molecule has 6 heteroatoms. The highest BCUT2D eigenvalue weighted by atomic mass is 16.5. The zero-order valence-corrected chi connectivity index (χ0v) is 13.8. The van der Waals surface area contributed by atoms with E-state index in [0.29, 0.717) is 32.1 Å². The largest absolute Gasteiger partial charge is 0.491 e. The van der Waals surface area contributed by atoms with Gasteiger partial charge in [-0.05, 0) is 24.3 Å². The predicted octanol–water partition coefficient (Wildman–Crippen LogP) is 2.56. The number of hydrogen-bond donors (Lipinski definition) is 1. The van der Waals surface area contributed by atoms with Gasteiger partial charge in [0, 0.05) is 31.1 Å². The third kappa shape index (κ3) is 4.82. The van der Waals surface area contributed by atoms with Gasteiger partial charge in [-0.25, -0.2) is 4.98 Å². The van der Waals surface area contributed by atoms with E-state index in [9.17, 15) is 0 Å². The molecule has 3 aromatic rings. The van der Waals surface area contributed by atoms with Gasteiger partial charge < -0.3 is 15.2 Å². The minimum absolute atomic E-state index is 0.438. The molecule has 0 aliphatic carbocycles. The van der Waals surface area contributed by atoms with Crippen LogP contribution in [0.25, 0.3) is 22.8 Å². The second-order valence-electron chi connectivity index (χ2n) is 5.25. The van der Waals surface area contributed by atoms with E-state index in [0.717, 1.165) is 22.8 Å². The van der Waals surface area contributed by atoms with Gasteiger partial charge >= 0.3 is 0 Å². The van der Waals surface area contributed by atoms with E-state index >= 15 is 0 Å². The van der Waals surface area contributed by atoms with Crippen molar-refractivity contribution in [1.29, 1.82) is 0 Å². The minimum Gasteiger partial charge on any atom is -0.491 e. The van der Waals surface area contributed by atoms with Crippen LogP contribution in [0.2, 0.25) is 0 Å². The van der Waals surface area contributed by atoms with Gasteiger partial charge in [0.05, 0.1) is 36.0 Å². The SMILES string of the molecule is NCCOCCOc1cc(-c2ccccn2)nc(-c2ccccn2)c1. The summed E-state index contributed by atoms with van der Waals surface area (Å²) in [5, 5.41) is 0. The summed E-state index contributed by atoms with van der Waals surface area (Å²) in [5.41, 5.74) is 8.44. The highest BCUT2D eigenvalue weighted by Gasteiger charge is 2.09. The lowest BCUT2D eigenvalue weighted by Crippen LogP contribution is -2.13. The first kappa shape index (κ1) is 17.0. The fourth-order valence-electron chi connectivity index (χ4n) is 2.28. The molecule has 0 saturated heterocycles. The van der Waals surface area contributed by atoms with Crippen molar-refractivity contribution in [2.24, 2.45) is 5.73 Å². The van der Waals surface area contributed by atoms with Crippen molar-refractivity contribution in [3.63, 3.8) is 0 Å². The Morgan fingerprint density at radius 1 is 0.760 bits per heavy atom. The number of ether oxygens (including phenoxy) is 2. The number of nitrogens with two attached hydrogens (primary N) is 1.